The molecule has 0 aromatic rings. The van der Waals surface area contributed by atoms with Gasteiger partial charge in [-0.25, -0.2) is 0 Å². The van der Waals surface area contributed by atoms with Crippen LogP contribution in [0.3, 0.4) is 0 Å². The maximum Gasteiger partial charge on any atom is 0.228 e. The van der Waals surface area contributed by atoms with E-state index in [4.69, 9.17) is 4.74 Å². The average molecular weight is 210 g/mol. The Morgan fingerprint density at radius 3 is 3.07 bits per heavy atom. The Bertz CT molecular complexity index is 251. The highest BCUT2D eigenvalue weighted by atomic mass is 16.5. The zero-order chi connectivity index (χ0) is 10.3. The molecule has 3 rings (SSSR count). The van der Waals surface area contributed by atoms with E-state index in [-0.39, 0.29) is 5.92 Å². The molecule has 3 saturated heterocycles. The maximum absolute atomic E-state index is 12.1. The summed E-state index contributed by atoms with van der Waals surface area (Å²) in [4.78, 5) is 14.2. The van der Waals surface area contributed by atoms with Gasteiger partial charge in [-0.1, -0.05) is 0 Å². The summed E-state index contributed by atoms with van der Waals surface area (Å²) >= 11 is 0. The third kappa shape index (κ3) is 1.76. The van der Waals surface area contributed by atoms with Gasteiger partial charge in [-0.05, 0) is 18.8 Å². The zero-order valence-electron chi connectivity index (χ0n) is 8.95. The van der Waals surface area contributed by atoms with Gasteiger partial charge in [-0.2, -0.15) is 0 Å². The first-order chi connectivity index (χ1) is 7.33. The van der Waals surface area contributed by atoms with E-state index < -0.39 is 0 Å². The van der Waals surface area contributed by atoms with Crippen molar-refractivity contribution in [2.24, 2.45) is 11.8 Å². The van der Waals surface area contributed by atoms with Gasteiger partial charge in [-0.15, -0.1) is 0 Å². The minimum absolute atomic E-state index is 0.141. The average Bonchev–Trinajstić information content (AvgIpc) is 2.87. The van der Waals surface area contributed by atoms with Crippen LogP contribution in [0.15, 0.2) is 0 Å². The molecular weight excluding hydrogens is 192 g/mol. The van der Waals surface area contributed by atoms with E-state index in [0.717, 1.165) is 32.7 Å². The van der Waals surface area contributed by atoms with Gasteiger partial charge in [-0.3, -0.25) is 4.79 Å². The lowest BCUT2D eigenvalue weighted by molar-refractivity contribution is -0.137. The van der Waals surface area contributed by atoms with E-state index in [1.165, 1.54) is 6.42 Å². The van der Waals surface area contributed by atoms with Crippen LogP contribution in [0.4, 0.5) is 0 Å². The quantitative estimate of drug-likeness (QED) is 0.654. The second-order valence-electron chi connectivity index (χ2n) is 5.01. The molecule has 4 nitrogen and oxygen atoms in total. The zero-order valence-corrected chi connectivity index (χ0v) is 8.95. The lowest BCUT2D eigenvalue weighted by atomic mass is 9.98. The Kier molecular flexibility index (Phi) is 2.41. The van der Waals surface area contributed by atoms with Gasteiger partial charge in [0, 0.05) is 32.3 Å². The first kappa shape index (κ1) is 9.60. The molecule has 0 spiro atoms. The number of carbonyl (C=O) groups is 1. The summed E-state index contributed by atoms with van der Waals surface area (Å²) in [7, 11) is 0. The van der Waals surface area contributed by atoms with E-state index in [0.29, 0.717) is 24.5 Å². The summed E-state index contributed by atoms with van der Waals surface area (Å²) in [6.07, 6.45) is 2.17. The molecule has 3 aliphatic rings. The number of carbonyl (C=O) groups excluding carboxylic acids is 1. The molecule has 3 heterocycles. The summed E-state index contributed by atoms with van der Waals surface area (Å²) in [6, 6.07) is 0.551. The SMILES string of the molecule is O=C(C1CCOC1)N1C[C@@H]2CN[C@@H](C2)C1. The Hall–Kier alpha value is -0.610. The fraction of sp³-hybridized carbons (Fsp3) is 0.909. The van der Waals surface area contributed by atoms with E-state index in [1.807, 2.05) is 0 Å². The van der Waals surface area contributed by atoms with Crippen LogP contribution < -0.4 is 5.32 Å². The smallest absolute Gasteiger partial charge is 0.228 e. The Morgan fingerprint density at radius 1 is 1.40 bits per heavy atom. The third-order valence-electron chi connectivity index (χ3n) is 3.82. The first-order valence-electron chi connectivity index (χ1n) is 5.93. The molecule has 3 aliphatic heterocycles. The molecule has 4 heteroatoms. The van der Waals surface area contributed by atoms with E-state index in [1.54, 1.807) is 0 Å². The monoisotopic (exact) mass is 210 g/mol. The number of piperidine rings is 1. The summed E-state index contributed by atoms with van der Waals surface area (Å²) in [5.41, 5.74) is 0. The molecule has 0 aromatic heterocycles. The van der Waals surface area contributed by atoms with Crippen molar-refractivity contribution in [2.75, 3.05) is 32.8 Å². The van der Waals surface area contributed by atoms with Gasteiger partial charge in [0.2, 0.25) is 5.91 Å². The van der Waals surface area contributed by atoms with Gasteiger partial charge in [0.25, 0.3) is 0 Å². The Labute approximate surface area is 90.0 Å². The Balaban J connectivity index is 1.64. The predicted molar refractivity (Wildman–Crippen MR) is 55.4 cm³/mol. The van der Waals surface area contributed by atoms with Gasteiger partial charge in [0.15, 0.2) is 0 Å². The normalized spacial score (nSPS) is 39.7. The van der Waals surface area contributed by atoms with Crippen LogP contribution in [0.1, 0.15) is 12.8 Å². The molecular formula is C11H18N2O2. The highest BCUT2D eigenvalue weighted by molar-refractivity contribution is 5.79. The van der Waals surface area contributed by atoms with Crippen molar-refractivity contribution < 1.29 is 9.53 Å². The molecule has 3 atom stereocenters. The van der Waals surface area contributed by atoms with Crippen molar-refractivity contribution in [3.63, 3.8) is 0 Å². The third-order valence-corrected chi connectivity index (χ3v) is 3.82. The molecule has 0 radical (unpaired) electrons. The van der Waals surface area contributed by atoms with Gasteiger partial charge >= 0.3 is 0 Å². The van der Waals surface area contributed by atoms with Crippen molar-refractivity contribution in [2.45, 2.75) is 18.9 Å². The number of hydrogen-bond donors (Lipinski definition) is 1. The van der Waals surface area contributed by atoms with E-state index >= 15 is 0 Å². The standard InChI is InChI=1S/C11H18N2O2/c14-11(9-1-2-15-7-9)13-5-8-3-10(6-13)12-4-8/h8-10,12H,1-7H2/t8-,9?,10-/m0/s1. The second-order valence-corrected chi connectivity index (χ2v) is 5.01. The highest BCUT2D eigenvalue weighted by Gasteiger charge is 2.37. The molecule has 84 valence electrons. The van der Waals surface area contributed by atoms with Gasteiger partial charge in [0.05, 0.1) is 12.5 Å². The maximum atomic E-state index is 12.1. The Morgan fingerprint density at radius 2 is 2.33 bits per heavy atom. The molecule has 0 aromatic carbocycles. The van der Waals surface area contributed by atoms with Gasteiger partial charge < -0.3 is 15.0 Å². The fourth-order valence-electron chi connectivity index (χ4n) is 3.00. The number of likely N-dealkylation sites (tertiary alicyclic amines) is 1. The number of hydrogen-bond acceptors (Lipinski definition) is 3. The van der Waals surface area contributed by atoms with Crippen LogP contribution >= 0.6 is 0 Å². The van der Waals surface area contributed by atoms with Crippen LogP contribution in [0.2, 0.25) is 0 Å². The molecule has 2 bridgehead atoms. The molecule has 1 N–H and O–H groups in total. The summed E-state index contributed by atoms with van der Waals surface area (Å²) in [6.45, 7) is 4.35. The highest BCUT2D eigenvalue weighted by Crippen LogP contribution is 2.25. The van der Waals surface area contributed by atoms with Crippen LogP contribution in [0.25, 0.3) is 0 Å². The lowest BCUT2D eigenvalue weighted by Crippen LogP contribution is -2.46. The number of nitrogens with one attached hydrogen (secondary N) is 1. The largest absolute Gasteiger partial charge is 0.381 e. The van der Waals surface area contributed by atoms with E-state index in [2.05, 4.69) is 10.2 Å². The number of rotatable bonds is 1. The fourth-order valence-corrected chi connectivity index (χ4v) is 3.00. The summed E-state index contributed by atoms with van der Waals surface area (Å²) in [5, 5.41) is 3.47. The summed E-state index contributed by atoms with van der Waals surface area (Å²) < 4.78 is 5.28. The second kappa shape index (κ2) is 3.76. The van der Waals surface area contributed by atoms with E-state index in [9.17, 15) is 4.79 Å². The van der Waals surface area contributed by atoms with Crippen molar-refractivity contribution in [3.8, 4) is 0 Å². The molecule has 1 unspecified atom stereocenters. The van der Waals surface area contributed by atoms with Crippen LogP contribution in [-0.2, 0) is 9.53 Å². The van der Waals surface area contributed by atoms with Crippen molar-refractivity contribution in [1.29, 1.82) is 0 Å². The van der Waals surface area contributed by atoms with Crippen LogP contribution in [0.5, 0.6) is 0 Å². The topological polar surface area (TPSA) is 41.6 Å². The minimum Gasteiger partial charge on any atom is -0.381 e. The molecule has 0 saturated carbocycles. The molecule has 1 amide bonds. The van der Waals surface area contributed by atoms with Crippen LogP contribution in [-0.4, -0.2) is 49.7 Å². The predicted octanol–water partition coefficient (Wildman–Crippen LogP) is -0.157. The number of fused-ring (bicyclic) bond motifs is 2. The molecule has 0 aliphatic carbocycles. The minimum atomic E-state index is 0.141. The number of nitrogens with zero attached hydrogens (tertiary/aromatic N) is 1. The van der Waals surface area contributed by atoms with Crippen molar-refractivity contribution in [1.82, 2.24) is 10.2 Å². The number of amides is 1. The molecule has 3 fully saturated rings. The lowest BCUT2D eigenvalue weighted by Gasteiger charge is -2.32. The first-order valence-corrected chi connectivity index (χ1v) is 5.93. The van der Waals surface area contributed by atoms with Gasteiger partial charge in [0.1, 0.15) is 0 Å². The summed E-state index contributed by atoms with van der Waals surface area (Å²) in [5.74, 6) is 1.16. The van der Waals surface area contributed by atoms with Crippen molar-refractivity contribution >= 4 is 5.91 Å². The van der Waals surface area contributed by atoms with Crippen molar-refractivity contribution in [3.05, 3.63) is 0 Å². The molecule has 15 heavy (non-hydrogen) atoms. The van der Waals surface area contributed by atoms with Crippen LogP contribution in [0, 0.1) is 11.8 Å². The number of ether oxygens (including phenoxy) is 1.